The summed E-state index contributed by atoms with van der Waals surface area (Å²) in [5.41, 5.74) is 0. The Morgan fingerprint density at radius 3 is 3.00 bits per heavy atom. The van der Waals surface area contributed by atoms with Crippen molar-refractivity contribution >= 4 is 22.9 Å². The highest BCUT2D eigenvalue weighted by Crippen LogP contribution is 2.25. The Hall–Kier alpha value is -0.750. The lowest BCUT2D eigenvalue weighted by molar-refractivity contribution is -0.123. The van der Waals surface area contributed by atoms with E-state index in [9.17, 15) is 9.59 Å². The summed E-state index contributed by atoms with van der Waals surface area (Å²) in [6.45, 7) is 0.122. The molecule has 2 amide bonds. The Morgan fingerprint density at radius 1 is 1.56 bits per heavy atom. The molecule has 3 unspecified atom stereocenters. The van der Waals surface area contributed by atoms with E-state index in [0.717, 1.165) is 31.0 Å². The van der Waals surface area contributed by atoms with E-state index in [-0.39, 0.29) is 29.7 Å². The van der Waals surface area contributed by atoms with Crippen LogP contribution >= 0.6 is 11.8 Å². The molecule has 0 spiro atoms. The maximum absolute atomic E-state index is 11.8. The minimum atomic E-state index is -0.405. The summed E-state index contributed by atoms with van der Waals surface area (Å²) in [4.78, 5) is 22.7. The third-order valence-corrected chi connectivity index (χ3v) is 4.09. The van der Waals surface area contributed by atoms with Crippen molar-refractivity contribution in [3.8, 4) is 0 Å². The van der Waals surface area contributed by atoms with Gasteiger partial charge in [-0.15, -0.1) is 0 Å². The smallest absolute Gasteiger partial charge is 0.279 e. The average Bonchev–Trinajstić information content (AvgIpc) is 2.86. The summed E-state index contributed by atoms with van der Waals surface area (Å²) in [5.74, 6) is 0.554. The predicted molar refractivity (Wildman–Crippen MR) is 61.1 cm³/mol. The van der Waals surface area contributed by atoms with Crippen LogP contribution in [0.15, 0.2) is 0 Å². The highest BCUT2D eigenvalue weighted by atomic mass is 32.2. The fourth-order valence-corrected chi connectivity index (χ4v) is 3.03. The first-order valence-corrected chi connectivity index (χ1v) is 6.54. The number of aliphatic hydroxyl groups excluding tert-OH is 1. The van der Waals surface area contributed by atoms with Gasteiger partial charge in [0, 0.05) is 24.3 Å². The molecule has 90 valence electrons. The van der Waals surface area contributed by atoms with Crippen molar-refractivity contribution in [1.82, 2.24) is 10.6 Å². The first-order valence-electron chi connectivity index (χ1n) is 5.55. The van der Waals surface area contributed by atoms with Crippen molar-refractivity contribution in [2.24, 2.45) is 5.92 Å². The lowest BCUT2D eigenvalue weighted by Gasteiger charge is -2.20. The van der Waals surface area contributed by atoms with E-state index < -0.39 is 6.04 Å². The van der Waals surface area contributed by atoms with Gasteiger partial charge in [0.05, 0.1) is 0 Å². The molecule has 16 heavy (non-hydrogen) atoms. The largest absolute Gasteiger partial charge is 0.396 e. The monoisotopic (exact) mass is 244 g/mol. The Bertz CT molecular complexity index is 298. The molecule has 1 heterocycles. The topological polar surface area (TPSA) is 78.4 Å². The van der Waals surface area contributed by atoms with Gasteiger partial charge >= 0.3 is 0 Å². The molecule has 0 aromatic rings. The molecule has 3 atom stereocenters. The second kappa shape index (κ2) is 5.05. The van der Waals surface area contributed by atoms with Crippen molar-refractivity contribution in [2.75, 3.05) is 12.4 Å². The summed E-state index contributed by atoms with van der Waals surface area (Å²) >= 11 is 1.14. The van der Waals surface area contributed by atoms with Crippen LogP contribution in [0.25, 0.3) is 0 Å². The van der Waals surface area contributed by atoms with Gasteiger partial charge in [-0.3, -0.25) is 9.59 Å². The van der Waals surface area contributed by atoms with Crippen LogP contribution in [0.5, 0.6) is 0 Å². The minimum absolute atomic E-state index is 0.0694. The van der Waals surface area contributed by atoms with Gasteiger partial charge in [-0.1, -0.05) is 18.2 Å². The molecule has 0 aromatic carbocycles. The average molecular weight is 244 g/mol. The molecule has 0 aromatic heterocycles. The zero-order chi connectivity index (χ0) is 11.5. The SMILES string of the molecule is O=C1NC(C(=O)NC2CCCC2CO)CS1. The van der Waals surface area contributed by atoms with Crippen molar-refractivity contribution in [3.63, 3.8) is 0 Å². The molecule has 2 rings (SSSR count). The molecule has 0 radical (unpaired) electrons. The van der Waals surface area contributed by atoms with E-state index >= 15 is 0 Å². The van der Waals surface area contributed by atoms with Crippen LogP contribution in [-0.2, 0) is 4.79 Å². The molecule has 1 saturated heterocycles. The zero-order valence-corrected chi connectivity index (χ0v) is 9.76. The Kier molecular flexibility index (Phi) is 3.70. The number of rotatable bonds is 3. The molecule has 2 aliphatic rings. The van der Waals surface area contributed by atoms with E-state index in [4.69, 9.17) is 5.11 Å². The first kappa shape index (κ1) is 11.7. The summed E-state index contributed by atoms with van der Waals surface area (Å²) < 4.78 is 0. The van der Waals surface area contributed by atoms with E-state index in [1.807, 2.05) is 0 Å². The molecule has 3 N–H and O–H groups in total. The molecule has 2 fully saturated rings. The summed E-state index contributed by atoms with van der Waals surface area (Å²) in [7, 11) is 0. The van der Waals surface area contributed by atoms with Crippen LogP contribution in [0.4, 0.5) is 4.79 Å². The van der Waals surface area contributed by atoms with Crippen LogP contribution in [0, 0.1) is 5.92 Å². The van der Waals surface area contributed by atoms with Gasteiger partial charge in [-0.05, 0) is 12.8 Å². The summed E-state index contributed by atoms with van der Waals surface area (Å²) in [6, 6.07) is -0.336. The third-order valence-electron chi connectivity index (χ3n) is 3.21. The zero-order valence-electron chi connectivity index (χ0n) is 8.94. The number of carbonyl (C=O) groups is 2. The Morgan fingerprint density at radius 2 is 2.38 bits per heavy atom. The highest BCUT2D eigenvalue weighted by molar-refractivity contribution is 8.14. The fourth-order valence-electron chi connectivity index (χ4n) is 2.25. The van der Waals surface area contributed by atoms with Crippen molar-refractivity contribution in [1.29, 1.82) is 0 Å². The van der Waals surface area contributed by atoms with E-state index in [0.29, 0.717) is 5.75 Å². The quantitative estimate of drug-likeness (QED) is 0.657. The van der Waals surface area contributed by atoms with Gasteiger partial charge in [0.1, 0.15) is 6.04 Å². The molecule has 0 bridgehead atoms. The van der Waals surface area contributed by atoms with Crippen molar-refractivity contribution < 1.29 is 14.7 Å². The van der Waals surface area contributed by atoms with Crippen molar-refractivity contribution in [2.45, 2.75) is 31.3 Å². The van der Waals surface area contributed by atoms with Crippen LogP contribution < -0.4 is 10.6 Å². The Labute approximate surface area is 98.4 Å². The first-order chi connectivity index (χ1) is 7.70. The number of carbonyl (C=O) groups excluding carboxylic acids is 2. The second-order valence-electron chi connectivity index (χ2n) is 4.28. The Balaban J connectivity index is 1.84. The number of hydrogen-bond acceptors (Lipinski definition) is 4. The number of thioether (sulfide) groups is 1. The second-order valence-corrected chi connectivity index (χ2v) is 5.28. The van der Waals surface area contributed by atoms with Crippen molar-refractivity contribution in [3.05, 3.63) is 0 Å². The lowest BCUT2D eigenvalue weighted by atomic mass is 10.0. The van der Waals surface area contributed by atoms with E-state index in [1.54, 1.807) is 0 Å². The normalized spacial score (nSPS) is 33.8. The number of amides is 2. The molecule has 1 aliphatic heterocycles. The molecule has 6 heteroatoms. The van der Waals surface area contributed by atoms with Gasteiger partial charge in [0.15, 0.2) is 0 Å². The number of hydrogen-bond donors (Lipinski definition) is 3. The highest BCUT2D eigenvalue weighted by Gasteiger charge is 2.33. The summed E-state index contributed by atoms with van der Waals surface area (Å²) in [5, 5.41) is 14.5. The summed E-state index contributed by atoms with van der Waals surface area (Å²) in [6.07, 6.45) is 2.93. The maximum atomic E-state index is 11.8. The van der Waals surface area contributed by atoms with Gasteiger partial charge < -0.3 is 15.7 Å². The molecule has 1 saturated carbocycles. The van der Waals surface area contributed by atoms with Crippen LogP contribution in [-0.4, -0.2) is 40.7 Å². The van der Waals surface area contributed by atoms with Gasteiger partial charge in [-0.2, -0.15) is 0 Å². The fraction of sp³-hybridized carbons (Fsp3) is 0.800. The maximum Gasteiger partial charge on any atom is 0.279 e. The minimum Gasteiger partial charge on any atom is -0.396 e. The molecular weight excluding hydrogens is 228 g/mol. The molecule has 1 aliphatic carbocycles. The predicted octanol–water partition coefficient (Wildman–Crippen LogP) is 0.0886. The standard InChI is InChI=1S/C10H16N2O3S/c13-4-6-2-1-3-7(6)11-9(14)8-5-16-10(15)12-8/h6-8,13H,1-5H2,(H,11,14)(H,12,15). The van der Waals surface area contributed by atoms with Gasteiger partial charge in [0.2, 0.25) is 5.91 Å². The lowest BCUT2D eigenvalue weighted by Crippen LogP contribution is -2.48. The third kappa shape index (κ3) is 2.49. The van der Waals surface area contributed by atoms with E-state index in [2.05, 4.69) is 10.6 Å². The van der Waals surface area contributed by atoms with Gasteiger partial charge in [0.25, 0.3) is 5.24 Å². The van der Waals surface area contributed by atoms with Crippen LogP contribution in [0.1, 0.15) is 19.3 Å². The molecular formula is C10H16N2O3S. The van der Waals surface area contributed by atoms with Crippen LogP contribution in [0.3, 0.4) is 0 Å². The number of aliphatic hydroxyl groups is 1. The van der Waals surface area contributed by atoms with E-state index in [1.165, 1.54) is 0 Å². The van der Waals surface area contributed by atoms with Gasteiger partial charge in [-0.25, -0.2) is 0 Å². The van der Waals surface area contributed by atoms with Crippen LogP contribution in [0.2, 0.25) is 0 Å². The number of nitrogens with one attached hydrogen (secondary N) is 2. The molecule has 5 nitrogen and oxygen atoms in total.